The summed E-state index contributed by atoms with van der Waals surface area (Å²) in [6.07, 6.45) is 0.740. The number of aromatic nitrogens is 4. The van der Waals surface area contributed by atoms with Crippen LogP contribution in [0.4, 0.5) is 5.82 Å². The topological polar surface area (TPSA) is 89.7 Å². The van der Waals surface area contributed by atoms with Gasteiger partial charge in [-0.3, -0.25) is 0 Å². The zero-order valence-corrected chi connectivity index (χ0v) is 10.0. The highest BCUT2D eigenvalue weighted by molar-refractivity contribution is 5.99. The van der Waals surface area contributed by atoms with Crippen molar-refractivity contribution in [2.24, 2.45) is 0 Å². The van der Waals surface area contributed by atoms with Gasteiger partial charge in [0.05, 0.1) is 0 Å². The van der Waals surface area contributed by atoms with E-state index >= 15 is 0 Å². The largest absolute Gasteiger partial charge is 0.528 e. The molecular formula is C7H11N5OSi. The van der Waals surface area contributed by atoms with Crippen LogP contribution in [0.3, 0.4) is 0 Å². The van der Waals surface area contributed by atoms with Crippen molar-refractivity contribution < 1.29 is 4.43 Å². The molecule has 2 rings (SSSR count). The number of imidazole rings is 1. The number of nitrogens with two attached hydrogens (primary N) is 1. The van der Waals surface area contributed by atoms with E-state index in [1.165, 1.54) is 0 Å². The SMILES string of the molecule is CCc1nc(N)c2[nH]c(O[SiH3])nc2n1. The van der Waals surface area contributed by atoms with E-state index in [0.717, 1.165) is 6.42 Å². The van der Waals surface area contributed by atoms with Crippen LogP contribution in [0, 0.1) is 0 Å². The van der Waals surface area contributed by atoms with Gasteiger partial charge in [-0.2, -0.15) is 4.98 Å². The summed E-state index contributed by atoms with van der Waals surface area (Å²) < 4.78 is 5.08. The Balaban J connectivity index is 2.67. The summed E-state index contributed by atoms with van der Waals surface area (Å²) in [4.78, 5) is 15.4. The molecule has 0 aliphatic carbocycles. The van der Waals surface area contributed by atoms with Crippen molar-refractivity contribution >= 4 is 27.5 Å². The third-order valence-electron chi connectivity index (χ3n) is 1.91. The average Bonchev–Trinajstić information content (AvgIpc) is 2.61. The van der Waals surface area contributed by atoms with E-state index in [0.29, 0.717) is 39.3 Å². The molecule has 14 heavy (non-hydrogen) atoms. The molecule has 0 atom stereocenters. The molecule has 0 aliphatic heterocycles. The molecular weight excluding hydrogens is 198 g/mol. The Bertz CT molecular complexity index is 468. The van der Waals surface area contributed by atoms with Crippen molar-refractivity contribution in [3.8, 4) is 6.01 Å². The van der Waals surface area contributed by atoms with E-state index in [1.54, 1.807) is 0 Å². The molecule has 0 fully saturated rings. The molecule has 3 N–H and O–H groups in total. The molecule has 0 spiro atoms. The maximum absolute atomic E-state index is 5.73. The number of H-pyrrole nitrogens is 1. The molecule has 2 aromatic rings. The summed E-state index contributed by atoms with van der Waals surface area (Å²) >= 11 is 0. The second kappa shape index (κ2) is 3.26. The summed E-state index contributed by atoms with van der Waals surface area (Å²) in [5.74, 6) is 1.12. The van der Waals surface area contributed by atoms with Crippen molar-refractivity contribution in [3.05, 3.63) is 5.82 Å². The van der Waals surface area contributed by atoms with Crippen LogP contribution in [0.25, 0.3) is 11.2 Å². The van der Waals surface area contributed by atoms with E-state index in [4.69, 9.17) is 10.2 Å². The Morgan fingerprint density at radius 1 is 1.43 bits per heavy atom. The van der Waals surface area contributed by atoms with Gasteiger partial charge in [-0.15, -0.1) is 0 Å². The minimum absolute atomic E-state index is 0.421. The number of aromatic amines is 1. The predicted molar refractivity (Wildman–Crippen MR) is 56.0 cm³/mol. The number of aryl methyl sites for hydroxylation is 1. The standard InChI is InChI=1S/C7H11N5OSi/c1-2-3-9-5(8)4-6(10-3)12-7(11-4)13-14/h2H2,1,14H3,(H3,8,9,10,11,12). The zero-order valence-electron chi connectivity index (χ0n) is 8.03. The zero-order chi connectivity index (χ0) is 10.1. The molecule has 0 amide bonds. The van der Waals surface area contributed by atoms with Gasteiger partial charge < -0.3 is 15.1 Å². The van der Waals surface area contributed by atoms with Gasteiger partial charge in [0.1, 0.15) is 11.3 Å². The normalized spacial score (nSPS) is 10.9. The van der Waals surface area contributed by atoms with Gasteiger partial charge in [0, 0.05) is 6.42 Å². The molecule has 0 saturated carbocycles. The predicted octanol–water partition coefficient (Wildman–Crippen LogP) is -0.843. The van der Waals surface area contributed by atoms with Gasteiger partial charge in [-0.25, -0.2) is 9.97 Å². The first-order chi connectivity index (χ1) is 6.74. The van der Waals surface area contributed by atoms with Crippen molar-refractivity contribution in [2.75, 3.05) is 5.73 Å². The van der Waals surface area contributed by atoms with Crippen molar-refractivity contribution in [1.82, 2.24) is 19.9 Å². The lowest BCUT2D eigenvalue weighted by atomic mass is 10.4. The Kier molecular flexibility index (Phi) is 2.08. The van der Waals surface area contributed by atoms with E-state index in [2.05, 4.69) is 19.9 Å². The van der Waals surface area contributed by atoms with Crippen LogP contribution >= 0.6 is 0 Å². The lowest BCUT2D eigenvalue weighted by Gasteiger charge is -1.97. The molecule has 6 nitrogen and oxygen atoms in total. The number of hydrogen-bond acceptors (Lipinski definition) is 5. The second-order valence-electron chi connectivity index (χ2n) is 2.82. The fourth-order valence-electron chi connectivity index (χ4n) is 1.20. The van der Waals surface area contributed by atoms with Gasteiger partial charge in [0.15, 0.2) is 11.5 Å². The maximum atomic E-state index is 5.73. The number of nitrogens with one attached hydrogen (secondary N) is 1. The van der Waals surface area contributed by atoms with Crippen LogP contribution in [-0.2, 0) is 6.42 Å². The molecule has 0 saturated heterocycles. The summed E-state index contributed by atoms with van der Waals surface area (Å²) in [5, 5.41) is 0. The number of nitrogens with zero attached hydrogens (tertiary/aromatic N) is 3. The summed E-state index contributed by atoms with van der Waals surface area (Å²) in [6, 6.07) is 0.459. The number of hydrogen-bond donors (Lipinski definition) is 2. The summed E-state index contributed by atoms with van der Waals surface area (Å²) in [5.41, 5.74) is 6.95. The fourth-order valence-corrected chi connectivity index (χ4v) is 1.39. The number of anilines is 1. The second-order valence-corrected chi connectivity index (χ2v) is 3.23. The molecule has 0 aliphatic rings. The van der Waals surface area contributed by atoms with Gasteiger partial charge in [-0.05, 0) is 0 Å². The highest BCUT2D eigenvalue weighted by Gasteiger charge is 2.09. The molecule has 74 valence electrons. The van der Waals surface area contributed by atoms with Gasteiger partial charge >= 0.3 is 0 Å². The average molecular weight is 209 g/mol. The molecule has 0 radical (unpaired) electrons. The van der Waals surface area contributed by atoms with Crippen molar-refractivity contribution in [1.29, 1.82) is 0 Å². The molecule has 0 aromatic carbocycles. The number of fused-ring (bicyclic) bond motifs is 1. The third-order valence-corrected chi connectivity index (χ3v) is 2.30. The Hall–Kier alpha value is -1.63. The molecule has 2 aromatic heterocycles. The Morgan fingerprint density at radius 2 is 2.21 bits per heavy atom. The van der Waals surface area contributed by atoms with Gasteiger partial charge in [-0.1, -0.05) is 6.92 Å². The monoisotopic (exact) mass is 209 g/mol. The highest BCUT2D eigenvalue weighted by Crippen LogP contribution is 2.18. The van der Waals surface area contributed by atoms with E-state index in [1.807, 2.05) is 6.92 Å². The molecule has 0 unspecified atom stereocenters. The Morgan fingerprint density at radius 3 is 2.86 bits per heavy atom. The lowest BCUT2D eigenvalue weighted by Crippen LogP contribution is -1.99. The molecule has 0 bridgehead atoms. The molecule has 2 heterocycles. The van der Waals surface area contributed by atoms with E-state index in [-0.39, 0.29) is 0 Å². The quantitative estimate of drug-likeness (QED) is 0.629. The van der Waals surface area contributed by atoms with Crippen molar-refractivity contribution in [3.63, 3.8) is 0 Å². The van der Waals surface area contributed by atoms with E-state index < -0.39 is 0 Å². The van der Waals surface area contributed by atoms with Gasteiger partial charge in [0.2, 0.25) is 10.5 Å². The minimum atomic E-state index is 0.421. The minimum Gasteiger partial charge on any atom is -0.528 e. The maximum Gasteiger partial charge on any atom is 0.281 e. The lowest BCUT2D eigenvalue weighted by molar-refractivity contribution is 0.570. The highest BCUT2D eigenvalue weighted by atomic mass is 28.2. The molecule has 7 heteroatoms. The van der Waals surface area contributed by atoms with Crippen LogP contribution in [0.2, 0.25) is 0 Å². The third kappa shape index (κ3) is 1.31. The summed E-state index contributed by atoms with van der Waals surface area (Å²) in [6.45, 7) is 1.97. The first kappa shape index (κ1) is 8.94. The van der Waals surface area contributed by atoms with Crippen LogP contribution < -0.4 is 10.2 Å². The summed E-state index contributed by atoms with van der Waals surface area (Å²) in [7, 11) is 0.579. The number of nitrogen functional groups attached to an aromatic ring is 1. The van der Waals surface area contributed by atoms with E-state index in [9.17, 15) is 0 Å². The smallest absolute Gasteiger partial charge is 0.281 e. The number of rotatable bonds is 2. The first-order valence-electron chi connectivity index (χ1n) is 4.30. The fraction of sp³-hybridized carbons (Fsp3) is 0.286. The van der Waals surface area contributed by atoms with Crippen LogP contribution in [-0.4, -0.2) is 30.4 Å². The van der Waals surface area contributed by atoms with Crippen LogP contribution in [0.1, 0.15) is 12.7 Å². The van der Waals surface area contributed by atoms with Crippen LogP contribution in [0.5, 0.6) is 6.01 Å². The van der Waals surface area contributed by atoms with Crippen molar-refractivity contribution in [2.45, 2.75) is 13.3 Å². The van der Waals surface area contributed by atoms with Gasteiger partial charge in [0.25, 0.3) is 6.01 Å². The first-order valence-corrected chi connectivity index (χ1v) is 5.12. The Labute approximate surface area is 83.5 Å². The van der Waals surface area contributed by atoms with Crippen LogP contribution in [0.15, 0.2) is 0 Å².